The van der Waals surface area contributed by atoms with Crippen LogP contribution in [0.25, 0.3) is 11.6 Å². The largest absolute Gasteiger partial charge is 0.461 e. The maximum Gasteiger partial charge on any atom is 0.200 e. The molecule has 7 heteroatoms. The molecule has 20 heavy (non-hydrogen) atoms. The van der Waals surface area contributed by atoms with Gasteiger partial charge in [0.25, 0.3) is 0 Å². The number of aryl methyl sites for hydroxylation is 2. The van der Waals surface area contributed by atoms with Crippen molar-refractivity contribution in [2.45, 2.75) is 24.0 Å². The van der Waals surface area contributed by atoms with Gasteiger partial charge in [-0.05, 0) is 43.8 Å². The first kappa shape index (κ1) is 12.9. The Labute approximate surface area is 120 Å². The van der Waals surface area contributed by atoms with Gasteiger partial charge in [-0.3, -0.25) is 0 Å². The summed E-state index contributed by atoms with van der Waals surface area (Å²) >= 11 is 1.46. The molecule has 3 heterocycles. The van der Waals surface area contributed by atoms with E-state index >= 15 is 0 Å². The summed E-state index contributed by atoms with van der Waals surface area (Å²) in [6.07, 6.45) is 1.62. The molecule has 3 aromatic rings. The number of aromatic nitrogens is 5. The predicted octanol–water partition coefficient (Wildman–Crippen LogP) is 2.63. The molecule has 0 amide bonds. The van der Waals surface area contributed by atoms with E-state index in [1.54, 1.807) is 6.26 Å². The van der Waals surface area contributed by atoms with E-state index in [9.17, 15) is 0 Å². The minimum atomic E-state index is 0.694. The second-order valence-electron chi connectivity index (χ2n) is 4.34. The molecule has 0 aromatic carbocycles. The average Bonchev–Trinajstić information content (AvgIpc) is 2.99. The fourth-order valence-electron chi connectivity index (χ4n) is 1.85. The first-order valence-corrected chi connectivity index (χ1v) is 6.88. The van der Waals surface area contributed by atoms with E-state index in [2.05, 4.69) is 20.2 Å². The fraction of sp³-hybridized carbons (Fsp3) is 0.231. The first-order chi connectivity index (χ1) is 9.63. The minimum Gasteiger partial charge on any atom is -0.461 e. The van der Waals surface area contributed by atoms with Gasteiger partial charge in [-0.15, -0.1) is 10.2 Å². The third-order valence-electron chi connectivity index (χ3n) is 2.71. The molecule has 0 saturated carbocycles. The number of furan rings is 1. The molecule has 0 fully saturated rings. The summed E-state index contributed by atoms with van der Waals surface area (Å²) in [7, 11) is 1.90. The standard InChI is InChI=1S/C13H13N5OS/c1-8-7-11(15-9(2)14-8)20-13-17-16-12(18(13)3)10-5-4-6-19-10/h4-7H,1-3H3. The molecule has 0 radical (unpaired) electrons. The monoisotopic (exact) mass is 287 g/mol. The molecule has 3 aromatic heterocycles. The van der Waals surface area contributed by atoms with Gasteiger partial charge in [0.15, 0.2) is 16.7 Å². The van der Waals surface area contributed by atoms with Crippen LogP contribution in [0.5, 0.6) is 0 Å². The highest BCUT2D eigenvalue weighted by molar-refractivity contribution is 7.99. The summed E-state index contributed by atoms with van der Waals surface area (Å²) in [5.41, 5.74) is 0.938. The summed E-state index contributed by atoms with van der Waals surface area (Å²) < 4.78 is 7.23. The first-order valence-electron chi connectivity index (χ1n) is 6.07. The molecule has 0 spiro atoms. The zero-order chi connectivity index (χ0) is 14.1. The lowest BCUT2D eigenvalue weighted by atomic mass is 10.4. The molecule has 0 aliphatic heterocycles. The Hall–Kier alpha value is -2.15. The van der Waals surface area contributed by atoms with Crippen molar-refractivity contribution >= 4 is 11.8 Å². The van der Waals surface area contributed by atoms with Gasteiger partial charge in [0.05, 0.1) is 6.26 Å². The zero-order valence-electron chi connectivity index (χ0n) is 11.4. The van der Waals surface area contributed by atoms with Gasteiger partial charge >= 0.3 is 0 Å². The lowest BCUT2D eigenvalue weighted by Crippen LogP contribution is -1.96. The Morgan fingerprint density at radius 1 is 1.20 bits per heavy atom. The quantitative estimate of drug-likeness (QED) is 0.690. The minimum absolute atomic E-state index is 0.694. The maximum atomic E-state index is 5.34. The van der Waals surface area contributed by atoms with Crippen LogP contribution in [0.1, 0.15) is 11.5 Å². The van der Waals surface area contributed by atoms with Crippen LogP contribution in [-0.2, 0) is 7.05 Å². The van der Waals surface area contributed by atoms with Crippen molar-refractivity contribution in [2.75, 3.05) is 0 Å². The van der Waals surface area contributed by atoms with Crippen molar-refractivity contribution in [1.29, 1.82) is 0 Å². The molecular formula is C13H13N5OS. The molecule has 0 bridgehead atoms. The van der Waals surface area contributed by atoms with Gasteiger partial charge in [0.1, 0.15) is 10.9 Å². The lowest BCUT2D eigenvalue weighted by Gasteiger charge is -2.03. The van der Waals surface area contributed by atoms with E-state index < -0.39 is 0 Å². The SMILES string of the molecule is Cc1cc(Sc2nnc(-c3ccco3)n2C)nc(C)n1. The van der Waals surface area contributed by atoms with Gasteiger partial charge in [0, 0.05) is 12.7 Å². The van der Waals surface area contributed by atoms with Gasteiger partial charge in [-0.2, -0.15) is 0 Å². The van der Waals surface area contributed by atoms with Crippen molar-refractivity contribution in [3.63, 3.8) is 0 Å². The van der Waals surface area contributed by atoms with Crippen LogP contribution >= 0.6 is 11.8 Å². The molecule has 0 N–H and O–H groups in total. The number of hydrogen-bond acceptors (Lipinski definition) is 6. The van der Waals surface area contributed by atoms with Crippen LogP contribution in [0.4, 0.5) is 0 Å². The Bertz CT molecular complexity index is 715. The van der Waals surface area contributed by atoms with E-state index in [0.29, 0.717) is 11.6 Å². The predicted molar refractivity (Wildman–Crippen MR) is 74.3 cm³/mol. The molecule has 0 unspecified atom stereocenters. The molecule has 0 atom stereocenters. The second-order valence-corrected chi connectivity index (χ2v) is 5.33. The van der Waals surface area contributed by atoms with E-state index in [0.717, 1.165) is 21.7 Å². The number of hydrogen-bond donors (Lipinski definition) is 0. The van der Waals surface area contributed by atoms with Crippen LogP contribution < -0.4 is 0 Å². The van der Waals surface area contributed by atoms with Gasteiger partial charge in [0.2, 0.25) is 0 Å². The van der Waals surface area contributed by atoms with E-state index in [1.807, 2.05) is 43.7 Å². The highest BCUT2D eigenvalue weighted by atomic mass is 32.2. The average molecular weight is 287 g/mol. The summed E-state index contributed by atoms with van der Waals surface area (Å²) in [5.74, 6) is 2.14. The molecule has 0 saturated heterocycles. The van der Waals surface area contributed by atoms with E-state index in [1.165, 1.54) is 11.8 Å². The molecule has 102 valence electrons. The van der Waals surface area contributed by atoms with Gasteiger partial charge in [-0.25, -0.2) is 9.97 Å². The van der Waals surface area contributed by atoms with Crippen molar-refractivity contribution < 1.29 is 4.42 Å². The van der Waals surface area contributed by atoms with Crippen LogP contribution in [0, 0.1) is 13.8 Å². The Morgan fingerprint density at radius 2 is 2.05 bits per heavy atom. The summed E-state index contributed by atoms with van der Waals surface area (Å²) in [4.78, 5) is 8.65. The highest BCUT2D eigenvalue weighted by Gasteiger charge is 2.14. The van der Waals surface area contributed by atoms with Crippen LogP contribution in [0.15, 0.2) is 39.1 Å². The second kappa shape index (κ2) is 5.09. The van der Waals surface area contributed by atoms with Gasteiger partial charge in [-0.1, -0.05) is 0 Å². The van der Waals surface area contributed by atoms with Gasteiger partial charge < -0.3 is 8.98 Å². The highest BCUT2D eigenvalue weighted by Crippen LogP contribution is 2.27. The van der Waals surface area contributed by atoms with Crippen LogP contribution in [-0.4, -0.2) is 24.7 Å². The van der Waals surface area contributed by atoms with E-state index in [4.69, 9.17) is 4.42 Å². The third-order valence-corrected chi connectivity index (χ3v) is 3.67. The molecule has 0 aliphatic rings. The smallest absolute Gasteiger partial charge is 0.200 e. The lowest BCUT2D eigenvalue weighted by molar-refractivity contribution is 0.572. The normalized spacial score (nSPS) is 10.9. The number of rotatable bonds is 3. The zero-order valence-corrected chi connectivity index (χ0v) is 12.2. The third kappa shape index (κ3) is 2.44. The van der Waals surface area contributed by atoms with Crippen LogP contribution in [0.3, 0.4) is 0 Å². The van der Waals surface area contributed by atoms with Crippen molar-refractivity contribution in [2.24, 2.45) is 7.05 Å². The van der Waals surface area contributed by atoms with Crippen LogP contribution in [0.2, 0.25) is 0 Å². The molecule has 0 aliphatic carbocycles. The molecule has 3 rings (SSSR count). The number of nitrogens with zero attached hydrogens (tertiary/aromatic N) is 5. The topological polar surface area (TPSA) is 69.6 Å². The summed E-state index contributed by atoms with van der Waals surface area (Å²) in [6.45, 7) is 3.83. The molecular weight excluding hydrogens is 274 g/mol. The summed E-state index contributed by atoms with van der Waals surface area (Å²) in [5, 5.41) is 9.95. The summed E-state index contributed by atoms with van der Waals surface area (Å²) in [6, 6.07) is 5.62. The Kier molecular flexibility index (Phi) is 3.27. The molecule has 6 nitrogen and oxygen atoms in total. The maximum absolute atomic E-state index is 5.34. The Balaban J connectivity index is 1.92. The van der Waals surface area contributed by atoms with Crippen molar-refractivity contribution in [1.82, 2.24) is 24.7 Å². The Morgan fingerprint density at radius 3 is 2.75 bits per heavy atom. The fourth-order valence-corrected chi connectivity index (χ4v) is 2.75. The van der Waals surface area contributed by atoms with Crippen molar-refractivity contribution in [3.05, 3.63) is 36.0 Å². The van der Waals surface area contributed by atoms with Crippen molar-refractivity contribution in [3.8, 4) is 11.6 Å². The van der Waals surface area contributed by atoms with E-state index in [-0.39, 0.29) is 0 Å².